The molecule has 0 aromatic carbocycles. The van der Waals surface area contributed by atoms with Gasteiger partial charge in [-0.05, 0) is 30.2 Å². The number of nitrogens with zero attached hydrogens (tertiary/aromatic N) is 4. The van der Waals surface area contributed by atoms with E-state index in [2.05, 4.69) is 10.1 Å². The minimum absolute atomic E-state index is 0.0507. The number of pyridine rings is 1. The molecule has 1 atom stereocenters. The summed E-state index contributed by atoms with van der Waals surface area (Å²) in [6.07, 6.45) is 7.19. The van der Waals surface area contributed by atoms with Gasteiger partial charge in [0.05, 0.1) is 39.0 Å². The number of aromatic nitrogens is 3. The number of hydrogen-bond donors (Lipinski definition) is 0. The highest BCUT2D eigenvalue weighted by molar-refractivity contribution is 5.93. The summed E-state index contributed by atoms with van der Waals surface area (Å²) in [5.74, 6) is -0.0507. The minimum atomic E-state index is -0.282. The molecule has 2 fully saturated rings. The van der Waals surface area contributed by atoms with Crippen molar-refractivity contribution in [2.45, 2.75) is 37.7 Å². The van der Waals surface area contributed by atoms with E-state index >= 15 is 0 Å². The molecule has 0 aliphatic carbocycles. The van der Waals surface area contributed by atoms with E-state index in [0.29, 0.717) is 45.1 Å². The summed E-state index contributed by atoms with van der Waals surface area (Å²) in [5.41, 5.74) is 1.30. The van der Waals surface area contributed by atoms with Crippen molar-refractivity contribution in [3.63, 3.8) is 0 Å². The minimum Gasteiger partial charge on any atom is -0.383 e. The molecule has 0 saturated carbocycles. The van der Waals surface area contributed by atoms with Crippen LogP contribution in [0.2, 0.25) is 0 Å². The molecule has 2 aromatic heterocycles. The van der Waals surface area contributed by atoms with Gasteiger partial charge >= 0.3 is 0 Å². The summed E-state index contributed by atoms with van der Waals surface area (Å²) in [4.78, 5) is 18.5. The SMILES string of the molecule is COCCn1ccc(C(=O)N2CC3(C[C@H](OCc4ccncc4)CCO3)C2)n1. The van der Waals surface area contributed by atoms with Gasteiger partial charge in [0.15, 0.2) is 0 Å². The maximum atomic E-state index is 12.7. The lowest BCUT2D eigenvalue weighted by atomic mass is 9.84. The van der Waals surface area contributed by atoms with Crippen LogP contribution in [-0.4, -0.2) is 70.7 Å². The van der Waals surface area contributed by atoms with Gasteiger partial charge in [0.1, 0.15) is 11.3 Å². The van der Waals surface area contributed by atoms with Crippen molar-refractivity contribution in [1.29, 1.82) is 0 Å². The molecule has 0 unspecified atom stereocenters. The highest BCUT2D eigenvalue weighted by atomic mass is 16.5. The number of ether oxygens (including phenoxy) is 3. The van der Waals surface area contributed by atoms with Gasteiger partial charge < -0.3 is 19.1 Å². The van der Waals surface area contributed by atoms with E-state index in [4.69, 9.17) is 14.2 Å². The Morgan fingerprint density at radius 2 is 2.14 bits per heavy atom. The second-order valence-corrected chi connectivity index (χ2v) is 7.43. The quantitative estimate of drug-likeness (QED) is 0.718. The van der Waals surface area contributed by atoms with Gasteiger partial charge in [-0.2, -0.15) is 5.10 Å². The van der Waals surface area contributed by atoms with E-state index < -0.39 is 0 Å². The number of carbonyl (C=O) groups is 1. The van der Waals surface area contributed by atoms with Crippen LogP contribution in [0.1, 0.15) is 28.9 Å². The first kappa shape index (κ1) is 19.0. The summed E-state index contributed by atoms with van der Waals surface area (Å²) in [7, 11) is 1.65. The Morgan fingerprint density at radius 3 is 2.93 bits per heavy atom. The van der Waals surface area contributed by atoms with Gasteiger partial charge in [-0.3, -0.25) is 14.5 Å². The fourth-order valence-electron chi connectivity index (χ4n) is 3.78. The van der Waals surface area contributed by atoms with E-state index in [-0.39, 0.29) is 17.6 Å². The number of amides is 1. The van der Waals surface area contributed by atoms with Crippen molar-refractivity contribution in [3.05, 3.63) is 48.0 Å². The molecule has 0 bridgehead atoms. The Morgan fingerprint density at radius 1 is 1.32 bits per heavy atom. The molecule has 4 rings (SSSR count). The van der Waals surface area contributed by atoms with Gasteiger partial charge in [0.2, 0.25) is 0 Å². The Labute approximate surface area is 164 Å². The van der Waals surface area contributed by atoms with Crippen LogP contribution in [0, 0.1) is 0 Å². The topological polar surface area (TPSA) is 78.7 Å². The van der Waals surface area contributed by atoms with Crippen LogP contribution in [0.4, 0.5) is 0 Å². The molecule has 2 aromatic rings. The zero-order valence-corrected chi connectivity index (χ0v) is 16.1. The summed E-state index contributed by atoms with van der Waals surface area (Å²) in [6, 6.07) is 5.68. The predicted molar refractivity (Wildman–Crippen MR) is 101 cm³/mol. The van der Waals surface area contributed by atoms with Crippen LogP contribution < -0.4 is 0 Å². The van der Waals surface area contributed by atoms with Crippen LogP contribution in [0.5, 0.6) is 0 Å². The molecule has 2 aliphatic rings. The summed E-state index contributed by atoms with van der Waals surface area (Å²) >= 11 is 0. The Bertz CT molecular complexity index is 789. The second-order valence-electron chi connectivity index (χ2n) is 7.43. The van der Waals surface area contributed by atoms with E-state index in [1.165, 1.54) is 0 Å². The number of carbonyl (C=O) groups excluding carboxylic acids is 1. The standard InChI is InChI=1S/C20H26N4O4/c1-26-11-9-24-8-4-18(22-24)19(25)23-14-20(15-23)12-17(5-10-28-20)27-13-16-2-6-21-7-3-16/h2-4,6-8,17H,5,9-15H2,1H3/t17-/m1/s1. The first-order valence-electron chi connectivity index (χ1n) is 9.64. The molecule has 150 valence electrons. The third kappa shape index (κ3) is 4.24. The summed E-state index contributed by atoms with van der Waals surface area (Å²) in [5, 5.41) is 4.34. The van der Waals surface area contributed by atoms with Gasteiger partial charge in [-0.25, -0.2) is 0 Å². The van der Waals surface area contributed by atoms with E-state index in [1.54, 1.807) is 35.2 Å². The Kier molecular flexibility index (Phi) is 5.70. The smallest absolute Gasteiger partial charge is 0.274 e. The summed E-state index contributed by atoms with van der Waals surface area (Å²) in [6.45, 7) is 3.61. The third-order valence-corrected chi connectivity index (χ3v) is 5.31. The molecule has 0 N–H and O–H groups in total. The lowest BCUT2D eigenvalue weighted by Gasteiger charge is -2.52. The number of methoxy groups -OCH3 is 1. The molecule has 1 spiro atoms. The van der Waals surface area contributed by atoms with Crippen LogP contribution in [0.25, 0.3) is 0 Å². The van der Waals surface area contributed by atoms with Crippen LogP contribution in [0.3, 0.4) is 0 Å². The predicted octanol–water partition coefficient (Wildman–Crippen LogP) is 1.51. The largest absolute Gasteiger partial charge is 0.383 e. The van der Waals surface area contributed by atoms with Gasteiger partial charge in [-0.1, -0.05) is 0 Å². The maximum Gasteiger partial charge on any atom is 0.274 e. The molecular weight excluding hydrogens is 360 g/mol. The molecule has 2 saturated heterocycles. The monoisotopic (exact) mass is 386 g/mol. The molecule has 4 heterocycles. The van der Waals surface area contributed by atoms with E-state index in [9.17, 15) is 4.79 Å². The molecule has 2 aliphatic heterocycles. The van der Waals surface area contributed by atoms with Crippen molar-refractivity contribution in [3.8, 4) is 0 Å². The fourth-order valence-corrected chi connectivity index (χ4v) is 3.78. The van der Waals surface area contributed by atoms with E-state index in [0.717, 1.165) is 18.4 Å². The number of likely N-dealkylation sites (tertiary alicyclic amines) is 1. The highest BCUT2D eigenvalue weighted by Crippen LogP contribution is 2.36. The molecule has 28 heavy (non-hydrogen) atoms. The van der Waals surface area contributed by atoms with Gasteiger partial charge in [0.25, 0.3) is 5.91 Å². The van der Waals surface area contributed by atoms with Crippen molar-refractivity contribution >= 4 is 5.91 Å². The maximum absolute atomic E-state index is 12.7. The molecular formula is C20H26N4O4. The third-order valence-electron chi connectivity index (χ3n) is 5.31. The zero-order chi connectivity index (χ0) is 19.4. The Hall–Kier alpha value is -2.29. The zero-order valence-electron chi connectivity index (χ0n) is 16.1. The first-order chi connectivity index (χ1) is 13.7. The normalized spacial score (nSPS) is 20.9. The van der Waals surface area contributed by atoms with E-state index in [1.807, 2.05) is 18.3 Å². The lowest BCUT2D eigenvalue weighted by Crippen LogP contribution is -2.67. The van der Waals surface area contributed by atoms with Crippen molar-refractivity contribution in [1.82, 2.24) is 19.7 Å². The lowest BCUT2D eigenvalue weighted by molar-refractivity contribution is -0.188. The first-order valence-corrected chi connectivity index (χ1v) is 9.64. The average Bonchev–Trinajstić information content (AvgIpc) is 3.18. The van der Waals surface area contributed by atoms with Gasteiger partial charge in [-0.15, -0.1) is 0 Å². The average molecular weight is 386 g/mol. The summed E-state index contributed by atoms with van der Waals surface area (Å²) < 4.78 is 18.9. The van der Waals surface area contributed by atoms with Crippen molar-refractivity contribution in [2.75, 3.05) is 33.4 Å². The van der Waals surface area contributed by atoms with Crippen LogP contribution >= 0.6 is 0 Å². The van der Waals surface area contributed by atoms with Gasteiger partial charge in [0, 0.05) is 38.7 Å². The highest BCUT2D eigenvalue weighted by Gasteiger charge is 2.50. The van der Waals surface area contributed by atoms with Crippen LogP contribution in [0.15, 0.2) is 36.8 Å². The second kappa shape index (κ2) is 8.38. The molecule has 8 nitrogen and oxygen atoms in total. The Balaban J connectivity index is 1.28. The molecule has 8 heteroatoms. The van der Waals surface area contributed by atoms with Crippen LogP contribution in [-0.2, 0) is 27.4 Å². The van der Waals surface area contributed by atoms with Crippen molar-refractivity contribution in [2.24, 2.45) is 0 Å². The fraction of sp³-hybridized carbons (Fsp3) is 0.550. The number of rotatable bonds is 7. The van der Waals surface area contributed by atoms with Crippen molar-refractivity contribution < 1.29 is 19.0 Å². The molecule has 0 radical (unpaired) electrons. The number of hydrogen-bond acceptors (Lipinski definition) is 6. The molecule has 1 amide bonds.